The van der Waals surface area contributed by atoms with Crippen LogP contribution in [0.3, 0.4) is 0 Å². The SMILES string of the molecule is O=C(NC1(C(=O)NC[C@H]2CCO[C@H]2C(=O)O)CCOC1)OCC1c2ccccc2-c2ccccc21. The number of carbonyl (C=O) groups excluding carboxylic acids is 2. The van der Waals surface area contributed by atoms with E-state index in [-0.39, 0.29) is 31.6 Å². The normalized spacial score (nSPS) is 25.0. The molecular formula is C26H28N2O7. The maximum atomic E-state index is 13.1. The Labute approximate surface area is 202 Å². The van der Waals surface area contributed by atoms with Crippen LogP contribution < -0.4 is 10.6 Å². The Morgan fingerprint density at radius 3 is 2.34 bits per heavy atom. The first-order chi connectivity index (χ1) is 17.0. The van der Waals surface area contributed by atoms with Crippen molar-refractivity contribution in [2.24, 2.45) is 5.92 Å². The first-order valence-electron chi connectivity index (χ1n) is 11.8. The summed E-state index contributed by atoms with van der Waals surface area (Å²) < 4.78 is 16.3. The number of rotatable bonds is 7. The van der Waals surface area contributed by atoms with E-state index < -0.39 is 29.6 Å². The van der Waals surface area contributed by atoms with Gasteiger partial charge in [-0.15, -0.1) is 0 Å². The highest BCUT2D eigenvalue weighted by Crippen LogP contribution is 2.44. The van der Waals surface area contributed by atoms with Crippen molar-refractivity contribution in [1.82, 2.24) is 10.6 Å². The number of hydrogen-bond acceptors (Lipinski definition) is 6. The van der Waals surface area contributed by atoms with E-state index in [0.717, 1.165) is 22.3 Å². The number of benzene rings is 2. The average Bonchev–Trinajstić information content (AvgIpc) is 3.59. The molecule has 0 saturated carbocycles. The lowest BCUT2D eigenvalue weighted by Crippen LogP contribution is -2.60. The Hall–Kier alpha value is -3.43. The molecule has 0 bridgehead atoms. The number of carboxylic acids is 1. The Morgan fingerprint density at radius 1 is 1.03 bits per heavy atom. The highest BCUT2D eigenvalue weighted by molar-refractivity contribution is 5.90. The smallest absolute Gasteiger partial charge is 0.408 e. The van der Waals surface area contributed by atoms with E-state index in [1.807, 2.05) is 36.4 Å². The van der Waals surface area contributed by atoms with Crippen LogP contribution in [-0.4, -0.2) is 67.7 Å². The summed E-state index contributed by atoms with van der Waals surface area (Å²) in [6.07, 6.45) is -0.797. The van der Waals surface area contributed by atoms with E-state index in [1.165, 1.54) is 0 Å². The van der Waals surface area contributed by atoms with Crippen LogP contribution >= 0.6 is 0 Å². The van der Waals surface area contributed by atoms with Crippen molar-refractivity contribution in [2.75, 3.05) is 33.0 Å². The van der Waals surface area contributed by atoms with Crippen molar-refractivity contribution in [2.45, 2.75) is 30.4 Å². The van der Waals surface area contributed by atoms with E-state index in [4.69, 9.17) is 14.2 Å². The van der Waals surface area contributed by atoms with Gasteiger partial charge in [-0.25, -0.2) is 9.59 Å². The zero-order valence-corrected chi connectivity index (χ0v) is 19.2. The first-order valence-corrected chi connectivity index (χ1v) is 11.8. The summed E-state index contributed by atoms with van der Waals surface area (Å²) >= 11 is 0. The summed E-state index contributed by atoms with van der Waals surface area (Å²) in [5.74, 6) is -1.88. The van der Waals surface area contributed by atoms with Gasteiger partial charge in [0.15, 0.2) is 6.10 Å². The second-order valence-electron chi connectivity index (χ2n) is 9.22. The van der Waals surface area contributed by atoms with Gasteiger partial charge in [0.25, 0.3) is 0 Å². The van der Waals surface area contributed by atoms with E-state index >= 15 is 0 Å². The van der Waals surface area contributed by atoms with E-state index in [9.17, 15) is 19.5 Å². The third-order valence-corrected chi connectivity index (χ3v) is 7.12. The zero-order valence-electron chi connectivity index (χ0n) is 19.2. The molecule has 0 aromatic heterocycles. The van der Waals surface area contributed by atoms with Crippen LogP contribution in [-0.2, 0) is 23.8 Å². The predicted octanol–water partition coefficient (Wildman–Crippen LogP) is 2.29. The molecule has 1 unspecified atom stereocenters. The summed E-state index contributed by atoms with van der Waals surface area (Å²) in [7, 11) is 0. The fourth-order valence-corrected chi connectivity index (χ4v) is 5.24. The molecule has 5 rings (SSSR count). The Morgan fingerprint density at radius 2 is 1.71 bits per heavy atom. The summed E-state index contributed by atoms with van der Waals surface area (Å²) in [5, 5.41) is 14.8. The summed E-state index contributed by atoms with van der Waals surface area (Å²) in [5.41, 5.74) is 3.20. The Bertz CT molecular complexity index is 1080. The van der Waals surface area contributed by atoms with Crippen LogP contribution in [0.15, 0.2) is 48.5 Å². The number of fused-ring (bicyclic) bond motifs is 3. The Kier molecular flexibility index (Phi) is 6.44. The fourth-order valence-electron chi connectivity index (χ4n) is 5.24. The molecule has 2 saturated heterocycles. The van der Waals surface area contributed by atoms with Crippen LogP contribution in [0, 0.1) is 5.92 Å². The predicted molar refractivity (Wildman–Crippen MR) is 125 cm³/mol. The van der Waals surface area contributed by atoms with E-state index in [2.05, 4.69) is 22.8 Å². The van der Waals surface area contributed by atoms with Crippen LogP contribution in [0.2, 0.25) is 0 Å². The molecule has 3 atom stereocenters. The molecule has 9 nitrogen and oxygen atoms in total. The molecule has 1 aliphatic carbocycles. The quantitative estimate of drug-likeness (QED) is 0.556. The lowest BCUT2D eigenvalue weighted by molar-refractivity contribution is -0.149. The fraction of sp³-hybridized carbons (Fsp3) is 0.423. The second-order valence-corrected chi connectivity index (χ2v) is 9.22. The average molecular weight is 481 g/mol. The van der Waals surface area contributed by atoms with Crippen LogP contribution in [0.1, 0.15) is 29.9 Å². The van der Waals surface area contributed by atoms with Gasteiger partial charge in [0.1, 0.15) is 12.1 Å². The summed E-state index contributed by atoms with van der Waals surface area (Å²) in [6.45, 7) is 0.958. The minimum absolute atomic E-state index is 0.0204. The molecule has 0 spiro atoms. The van der Waals surface area contributed by atoms with Crippen molar-refractivity contribution in [3.63, 3.8) is 0 Å². The summed E-state index contributed by atoms with van der Waals surface area (Å²) in [6, 6.07) is 16.1. The van der Waals surface area contributed by atoms with Gasteiger partial charge < -0.3 is 30.0 Å². The standard InChI is InChI=1S/C26H28N2O7/c29-23(30)22-16(9-11-34-22)13-27-24(31)26(10-12-33-15-26)28-25(32)35-14-21-19-7-3-1-5-17(19)18-6-2-4-8-20(18)21/h1-8,16,21-22H,9-15H2,(H,27,31)(H,28,32)(H,29,30)/t16-,22-,26?/m1/s1. The number of amides is 2. The van der Waals surface area contributed by atoms with Gasteiger partial charge in [0, 0.05) is 38.0 Å². The monoisotopic (exact) mass is 480 g/mol. The van der Waals surface area contributed by atoms with Crippen LogP contribution in [0.5, 0.6) is 0 Å². The number of carbonyl (C=O) groups is 3. The minimum Gasteiger partial charge on any atom is -0.479 e. The van der Waals surface area contributed by atoms with Crippen molar-refractivity contribution < 1.29 is 33.7 Å². The van der Waals surface area contributed by atoms with Crippen molar-refractivity contribution in [3.8, 4) is 11.1 Å². The number of ether oxygens (including phenoxy) is 3. The third-order valence-electron chi connectivity index (χ3n) is 7.12. The lowest BCUT2D eigenvalue weighted by Gasteiger charge is -2.28. The number of carboxylic acid groups (broad SMARTS) is 1. The minimum atomic E-state index is -1.26. The largest absolute Gasteiger partial charge is 0.479 e. The summed E-state index contributed by atoms with van der Waals surface area (Å²) in [4.78, 5) is 37.2. The molecule has 2 heterocycles. The van der Waals surface area contributed by atoms with Gasteiger partial charge >= 0.3 is 12.1 Å². The topological polar surface area (TPSA) is 123 Å². The molecule has 2 amide bonds. The molecule has 184 valence electrons. The lowest BCUT2D eigenvalue weighted by atomic mass is 9.96. The van der Waals surface area contributed by atoms with Crippen LogP contribution in [0.4, 0.5) is 4.79 Å². The molecule has 3 aliphatic rings. The molecule has 2 aromatic rings. The zero-order chi connectivity index (χ0) is 24.4. The maximum Gasteiger partial charge on any atom is 0.408 e. The second kappa shape index (κ2) is 9.67. The van der Waals surface area contributed by atoms with Gasteiger partial charge in [0.05, 0.1) is 6.61 Å². The number of hydrogen-bond donors (Lipinski definition) is 3. The first kappa shape index (κ1) is 23.3. The number of aliphatic carboxylic acids is 1. The third kappa shape index (κ3) is 4.49. The molecule has 2 aliphatic heterocycles. The maximum absolute atomic E-state index is 13.1. The van der Waals surface area contributed by atoms with Gasteiger partial charge in [-0.1, -0.05) is 48.5 Å². The molecule has 0 radical (unpaired) electrons. The molecular weight excluding hydrogens is 452 g/mol. The molecule has 35 heavy (non-hydrogen) atoms. The van der Waals surface area contributed by atoms with Gasteiger partial charge in [-0.3, -0.25) is 4.79 Å². The number of alkyl carbamates (subject to hydrolysis) is 1. The molecule has 3 N–H and O–H groups in total. The molecule has 9 heteroatoms. The highest BCUT2D eigenvalue weighted by atomic mass is 16.6. The van der Waals surface area contributed by atoms with E-state index in [0.29, 0.717) is 26.1 Å². The number of nitrogens with one attached hydrogen (secondary N) is 2. The Balaban J connectivity index is 1.22. The van der Waals surface area contributed by atoms with Gasteiger partial charge in [-0.2, -0.15) is 0 Å². The molecule has 2 fully saturated rings. The van der Waals surface area contributed by atoms with E-state index in [1.54, 1.807) is 0 Å². The van der Waals surface area contributed by atoms with Crippen LogP contribution in [0.25, 0.3) is 11.1 Å². The van der Waals surface area contributed by atoms with Crippen molar-refractivity contribution in [1.29, 1.82) is 0 Å². The van der Waals surface area contributed by atoms with Gasteiger partial charge in [0.2, 0.25) is 5.91 Å². The highest BCUT2D eigenvalue weighted by Gasteiger charge is 2.45. The van der Waals surface area contributed by atoms with Gasteiger partial charge in [-0.05, 0) is 28.7 Å². The van der Waals surface area contributed by atoms with Crippen molar-refractivity contribution >= 4 is 18.0 Å². The van der Waals surface area contributed by atoms with Crippen molar-refractivity contribution in [3.05, 3.63) is 59.7 Å². The molecule has 2 aromatic carbocycles.